The van der Waals surface area contributed by atoms with Gasteiger partial charge in [0.25, 0.3) is 0 Å². The molecule has 0 radical (unpaired) electrons. The molecule has 112 valence electrons. The number of halogens is 2. The molecule has 2 rings (SSSR count). The second-order valence-corrected chi connectivity index (χ2v) is 5.18. The molecule has 0 saturated carbocycles. The zero-order valence-corrected chi connectivity index (χ0v) is 12.1. The number of hydrogen-bond donors (Lipinski definition) is 0. The quantitative estimate of drug-likeness (QED) is 0.713. The lowest BCUT2D eigenvalue weighted by molar-refractivity contribution is -0.00508. The monoisotopic (exact) mass is 290 g/mol. The Kier molecular flexibility index (Phi) is 5.88. The summed E-state index contributed by atoms with van der Waals surface area (Å²) in [5.41, 5.74) is 3.18. The molecule has 0 amide bonds. The second-order valence-electron chi connectivity index (χ2n) is 5.18. The molecule has 1 atom stereocenters. The Labute approximate surface area is 124 Å². The van der Waals surface area contributed by atoms with E-state index in [9.17, 15) is 8.78 Å². The van der Waals surface area contributed by atoms with Gasteiger partial charge in [-0.2, -0.15) is 0 Å². The molecule has 1 unspecified atom stereocenters. The maximum atomic E-state index is 12.7. The Bertz CT molecular complexity index is 540. The highest BCUT2D eigenvalue weighted by molar-refractivity contribution is 5.26. The van der Waals surface area contributed by atoms with E-state index in [2.05, 4.69) is 0 Å². The fourth-order valence-corrected chi connectivity index (χ4v) is 2.28. The van der Waals surface area contributed by atoms with Crippen LogP contribution in [0.1, 0.15) is 23.1 Å². The Balaban J connectivity index is 1.99. The van der Waals surface area contributed by atoms with Gasteiger partial charge in [0.15, 0.2) is 0 Å². The smallest absolute Gasteiger partial charge is 0.241 e. The minimum absolute atomic E-state index is 0.235. The first-order valence-corrected chi connectivity index (χ1v) is 7.13. The molecule has 0 spiro atoms. The first-order chi connectivity index (χ1) is 10.1. The van der Waals surface area contributed by atoms with E-state index in [1.165, 1.54) is 0 Å². The number of benzene rings is 2. The van der Waals surface area contributed by atoms with Gasteiger partial charge in [-0.05, 0) is 30.0 Å². The SMILES string of the molecule is Cc1ccccc1CC(CC(F)F)OCc1ccccc1. The summed E-state index contributed by atoms with van der Waals surface area (Å²) in [7, 11) is 0. The van der Waals surface area contributed by atoms with Crippen LogP contribution in [-0.4, -0.2) is 12.5 Å². The van der Waals surface area contributed by atoms with Gasteiger partial charge in [0, 0.05) is 6.42 Å². The van der Waals surface area contributed by atoms with E-state index in [-0.39, 0.29) is 6.42 Å². The van der Waals surface area contributed by atoms with E-state index in [0.29, 0.717) is 13.0 Å². The van der Waals surface area contributed by atoms with Crippen molar-refractivity contribution in [3.05, 3.63) is 71.3 Å². The van der Waals surface area contributed by atoms with Crippen molar-refractivity contribution in [2.75, 3.05) is 0 Å². The van der Waals surface area contributed by atoms with Crippen molar-refractivity contribution in [1.82, 2.24) is 0 Å². The van der Waals surface area contributed by atoms with Gasteiger partial charge in [-0.15, -0.1) is 0 Å². The van der Waals surface area contributed by atoms with Crippen LogP contribution >= 0.6 is 0 Å². The van der Waals surface area contributed by atoms with Crippen LogP contribution in [0.3, 0.4) is 0 Å². The topological polar surface area (TPSA) is 9.23 Å². The Hall–Kier alpha value is -1.74. The lowest BCUT2D eigenvalue weighted by Crippen LogP contribution is -2.20. The van der Waals surface area contributed by atoms with Gasteiger partial charge in [-0.1, -0.05) is 54.6 Å². The summed E-state index contributed by atoms with van der Waals surface area (Å²) in [5, 5.41) is 0. The van der Waals surface area contributed by atoms with Crippen LogP contribution in [0.5, 0.6) is 0 Å². The van der Waals surface area contributed by atoms with Gasteiger partial charge >= 0.3 is 0 Å². The fourth-order valence-electron chi connectivity index (χ4n) is 2.28. The summed E-state index contributed by atoms with van der Waals surface area (Å²) >= 11 is 0. The average Bonchev–Trinajstić information content (AvgIpc) is 2.48. The van der Waals surface area contributed by atoms with E-state index >= 15 is 0 Å². The molecule has 0 aliphatic heterocycles. The predicted molar refractivity (Wildman–Crippen MR) is 80.5 cm³/mol. The summed E-state index contributed by atoms with van der Waals surface area (Å²) in [5.74, 6) is 0. The molecule has 0 saturated heterocycles. The molecule has 0 aliphatic rings. The second kappa shape index (κ2) is 7.89. The van der Waals surface area contributed by atoms with Crippen molar-refractivity contribution in [2.24, 2.45) is 0 Å². The summed E-state index contributed by atoms with van der Waals surface area (Å²) in [6.45, 7) is 2.36. The van der Waals surface area contributed by atoms with E-state index in [0.717, 1.165) is 16.7 Å². The highest BCUT2D eigenvalue weighted by atomic mass is 19.3. The van der Waals surface area contributed by atoms with E-state index in [4.69, 9.17) is 4.74 Å². The Morgan fingerprint density at radius 3 is 2.29 bits per heavy atom. The largest absolute Gasteiger partial charge is 0.373 e. The average molecular weight is 290 g/mol. The molecule has 0 fully saturated rings. The first kappa shape index (κ1) is 15.6. The molecule has 2 aromatic carbocycles. The van der Waals surface area contributed by atoms with Crippen LogP contribution in [-0.2, 0) is 17.8 Å². The van der Waals surface area contributed by atoms with Crippen molar-refractivity contribution in [2.45, 2.75) is 38.9 Å². The number of alkyl halides is 2. The normalized spacial score (nSPS) is 12.6. The van der Waals surface area contributed by atoms with Crippen molar-refractivity contribution in [3.8, 4) is 0 Å². The van der Waals surface area contributed by atoms with Gasteiger partial charge < -0.3 is 4.74 Å². The standard InChI is InChI=1S/C18H20F2O/c1-14-7-5-6-10-16(14)11-17(12-18(19)20)21-13-15-8-3-2-4-9-15/h2-10,17-18H,11-13H2,1H3. The Morgan fingerprint density at radius 2 is 1.62 bits per heavy atom. The fraction of sp³-hybridized carbons (Fsp3) is 0.333. The van der Waals surface area contributed by atoms with Crippen LogP contribution in [0.2, 0.25) is 0 Å². The predicted octanol–water partition coefficient (Wildman–Crippen LogP) is 4.78. The van der Waals surface area contributed by atoms with Gasteiger partial charge in [0.1, 0.15) is 0 Å². The van der Waals surface area contributed by atoms with Crippen molar-refractivity contribution in [3.63, 3.8) is 0 Å². The van der Waals surface area contributed by atoms with Crippen LogP contribution < -0.4 is 0 Å². The maximum Gasteiger partial charge on any atom is 0.241 e. The molecule has 0 heterocycles. The zero-order chi connectivity index (χ0) is 15.1. The third kappa shape index (κ3) is 5.27. The minimum Gasteiger partial charge on any atom is -0.373 e. The van der Waals surface area contributed by atoms with E-state index in [1.54, 1.807) is 0 Å². The van der Waals surface area contributed by atoms with Crippen molar-refractivity contribution in [1.29, 1.82) is 0 Å². The molecule has 1 nitrogen and oxygen atoms in total. The highest BCUT2D eigenvalue weighted by Gasteiger charge is 2.17. The lowest BCUT2D eigenvalue weighted by atomic mass is 10.0. The molecule has 0 bridgehead atoms. The number of ether oxygens (including phenoxy) is 1. The van der Waals surface area contributed by atoms with Crippen molar-refractivity contribution >= 4 is 0 Å². The lowest BCUT2D eigenvalue weighted by Gasteiger charge is -2.19. The highest BCUT2D eigenvalue weighted by Crippen LogP contribution is 2.18. The first-order valence-electron chi connectivity index (χ1n) is 7.13. The van der Waals surface area contributed by atoms with E-state index < -0.39 is 12.5 Å². The molecular weight excluding hydrogens is 270 g/mol. The molecule has 21 heavy (non-hydrogen) atoms. The van der Waals surface area contributed by atoms with Crippen LogP contribution in [0.15, 0.2) is 54.6 Å². The molecule has 0 N–H and O–H groups in total. The van der Waals surface area contributed by atoms with Crippen LogP contribution in [0.4, 0.5) is 8.78 Å². The van der Waals surface area contributed by atoms with E-state index in [1.807, 2.05) is 61.5 Å². The number of hydrogen-bond acceptors (Lipinski definition) is 1. The summed E-state index contributed by atoms with van der Waals surface area (Å²) in [4.78, 5) is 0. The zero-order valence-electron chi connectivity index (χ0n) is 12.1. The number of rotatable bonds is 7. The van der Waals surface area contributed by atoms with Gasteiger partial charge in [-0.25, -0.2) is 8.78 Å². The molecule has 0 aromatic heterocycles. The van der Waals surface area contributed by atoms with Gasteiger partial charge in [0.05, 0.1) is 12.7 Å². The summed E-state index contributed by atoms with van der Waals surface area (Å²) in [6, 6.07) is 17.5. The maximum absolute atomic E-state index is 12.7. The molecule has 3 heteroatoms. The van der Waals surface area contributed by atoms with Crippen LogP contribution in [0.25, 0.3) is 0 Å². The van der Waals surface area contributed by atoms with Gasteiger partial charge in [0.2, 0.25) is 6.43 Å². The molecule has 0 aliphatic carbocycles. The summed E-state index contributed by atoms with van der Waals surface area (Å²) < 4.78 is 31.2. The third-order valence-electron chi connectivity index (χ3n) is 3.48. The minimum atomic E-state index is -2.35. The van der Waals surface area contributed by atoms with Crippen molar-refractivity contribution < 1.29 is 13.5 Å². The number of aryl methyl sites for hydroxylation is 1. The third-order valence-corrected chi connectivity index (χ3v) is 3.48. The molecular formula is C18H20F2O. The summed E-state index contributed by atoms with van der Waals surface area (Å²) in [6.07, 6.45) is -2.54. The van der Waals surface area contributed by atoms with Crippen LogP contribution in [0, 0.1) is 6.92 Å². The van der Waals surface area contributed by atoms with Gasteiger partial charge in [-0.3, -0.25) is 0 Å². The molecule has 2 aromatic rings. The Morgan fingerprint density at radius 1 is 0.952 bits per heavy atom.